The first kappa shape index (κ1) is 17.2. The summed E-state index contributed by atoms with van der Waals surface area (Å²) < 4.78 is 12.4. The molecule has 0 saturated carbocycles. The van der Waals surface area contributed by atoms with E-state index in [0.717, 1.165) is 24.4 Å². The molecule has 3 heterocycles. The largest absolute Gasteiger partial charge is 0.498 e. The lowest BCUT2D eigenvalue weighted by Crippen LogP contribution is -2.51. The molecule has 2 aliphatic rings. The molecule has 0 radical (unpaired) electrons. The summed E-state index contributed by atoms with van der Waals surface area (Å²) in [6.45, 7) is 12.8. The van der Waals surface area contributed by atoms with Crippen LogP contribution in [0.3, 0.4) is 0 Å². The molecule has 2 fully saturated rings. The summed E-state index contributed by atoms with van der Waals surface area (Å²) in [5, 5.41) is 0. The number of nitrogens with zero attached hydrogens (tertiary/aromatic N) is 3. The van der Waals surface area contributed by atoms with Gasteiger partial charge in [0.2, 0.25) is 5.91 Å². The van der Waals surface area contributed by atoms with Crippen LogP contribution < -0.4 is 10.4 Å². The van der Waals surface area contributed by atoms with Crippen LogP contribution >= 0.6 is 0 Å². The van der Waals surface area contributed by atoms with Gasteiger partial charge < -0.3 is 19.1 Å². The number of hydrogen-bond donors (Lipinski definition) is 0. The van der Waals surface area contributed by atoms with Crippen molar-refractivity contribution in [2.24, 2.45) is 0 Å². The molecule has 0 spiro atoms. The van der Waals surface area contributed by atoms with Gasteiger partial charge in [-0.25, -0.2) is 4.98 Å². The maximum absolute atomic E-state index is 11.5. The summed E-state index contributed by atoms with van der Waals surface area (Å²) in [4.78, 5) is 20.2. The van der Waals surface area contributed by atoms with Gasteiger partial charge in [0.05, 0.1) is 11.2 Å². The van der Waals surface area contributed by atoms with Crippen molar-refractivity contribution < 1.29 is 14.1 Å². The summed E-state index contributed by atoms with van der Waals surface area (Å²) in [7, 11) is -0.426. The molecule has 0 N–H and O–H groups in total. The molecule has 0 atom stereocenters. The Balaban J connectivity index is 1.81. The SMILES string of the molecule is CC(=O)N1CCN(c2ncccc2B2OC(C)(C)C(C)(C)O2)CC1. The van der Waals surface area contributed by atoms with Gasteiger partial charge in [-0.05, 0) is 33.8 Å². The Morgan fingerprint density at radius 3 is 2.25 bits per heavy atom. The van der Waals surface area contributed by atoms with Crippen molar-refractivity contribution in [2.45, 2.75) is 45.8 Å². The molecule has 0 bridgehead atoms. The Bertz CT molecular complexity index is 611. The smallest absolute Gasteiger partial charge is 0.399 e. The maximum atomic E-state index is 11.5. The quantitative estimate of drug-likeness (QED) is 0.759. The molecular formula is C17H26BN3O3. The molecule has 6 nitrogen and oxygen atoms in total. The zero-order valence-corrected chi connectivity index (χ0v) is 15.2. The van der Waals surface area contributed by atoms with Crippen LogP contribution in [0.2, 0.25) is 0 Å². The van der Waals surface area contributed by atoms with Crippen molar-refractivity contribution in [3.05, 3.63) is 18.3 Å². The number of pyridine rings is 1. The normalized spacial score (nSPS) is 22.8. The topological polar surface area (TPSA) is 54.9 Å². The van der Waals surface area contributed by atoms with Gasteiger partial charge in [-0.2, -0.15) is 0 Å². The minimum atomic E-state index is -0.426. The van der Waals surface area contributed by atoms with Crippen molar-refractivity contribution in [2.75, 3.05) is 31.1 Å². The zero-order chi connectivity index (χ0) is 17.5. The van der Waals surface area contributed by atoms with E-state index in [9.17, 15) is 4.79 Å². The van der Waals surface area contributed by atoms with Gasteiger partial charge >= 0.3 is 7.12 Å². The standard InChI is InChI=1S/C17H26BN3O3/c1-13(22)20-9-11-21(12-10-20)15-14(7-6-8-19-15)18-23-16(2,3)17(4,5)24-18/h6-8H,9-12H2,1-5H3. The van der Waals surface area contributed by atoms with Crippen LogP contribution in [0.15, 0.2) is 18.3 Å². The van der Waals surface area contributed by atoms with Crippen molar-refractivity contribution in [1.82, 2.24) is 9.88 Å². The highest BCUT2D eigenvalue weighted by molar-refractivity contribution is 6.63. The molecule has 2 saturated heterocycles. The third-order valence-electron chi connectivity index (χ3n) is 5.35. The molecule has 2 aliphatic heterocycles. The van der Waals surface area contributed by atoms with Gasteiger partial charge in [-0.3, -0.25) is 4.79 Å². The third-order valence-corrected chi connectivity index (χ3v) is 5.35. The lowest BCUT2D eigenvalue weighted by molar-refractivity contribution is -0.129. The number of carbonyl (C=O) groups excluding carboxylic acids is 1. The number of carbonyl (C=O) groups is 1. The van der Waals surface area contributed by atoms with E-state index in [-0.39, 0.29) is 17.1 Å². The van der Waals surface area contributed by atoms with Gasteiger partial charge in [-0.1, -0.05) is 6.07 Å². The molecule has 7 heteroatoms. The molecule has 3 rings (SSSR count). The van der Waals surface area contributed by atoms with Gasteiger partial charge in [0.15, 0.2) is 0 Å². The van der Waals surface area contributed by atoms with Crippen LogP contribution in [-0.4, -0.2) is 60.3 Å². The average molecular weight is 331 g/mol. The predicted octanol–water partition coefficient (Wildman–Crippen LogP) is 1.05. The van der Waals surface area contributed by atoms with Crippen molar-refractivity contribution in [1.29, 1.82) is 0 Å². The number of aromatic nitrogens is 1. The minimum Gasteiger partial charge on any atom is -0.399 e. The average Bonchev–Trinajstić information content (AvgIpc) is 2.75. The molecule has 0 unspecified atom stereocenters. The first-order valence-electron chi connectivity index (χ1n) is 8.52. The number of anilines is 1. The zero-order valence-electron chi connectivity index (χ0n) is 15.2. The Kier molecular flexibility index (Phi) is 4.34. The lowest BCUT2D eigenvalue weighted by atomic mass is 9.79. The Morgan fingerprint density at radius 2 is 1.71 bits per heavy atom. The Hall–Kier alpha value is -1.60. The summed E-state index contributed by atoms with van der Waals surface area (Å²) in [6, 6.07) is 3.93. The molecular weight excluding hydrogens is 305 g/mol. The monoisotopic (exact) mass is 331 g/mol. The molecule has 1 aromatic heterocycles. The summed E-state index contributed by atoms with van der Waals surface area (Å²) in [5.74, 6) is 1.01. The van der Waals surface area contributed by atoms with Crippen molar-refractivity contribution >= 4 is 24.3 Å². The Labute approximate surface area is 144 Å². The second-order valence-electron chi connectivity index (χ2n) is 7.50. The van der Waals surface area contributed by atoms with Crippen molar-refractivity contribution in [3.8, 4) is 0 Å². The fourth-order valence-corrected chi connectivity index (χ4v) is 3.06. The van der Waals surface area contributed by atoms with Gasteiger partial charge in [-0.15, -0.1) is 0 Å². The number of piperazine rings is 1. The van der Waals surface area contributed by atoms with Gasteiger partial charge in [0.1, 0.15) is 5.82 Å². The highest BCUT2D eigenvalue weighted by Gasteiger charge is 2.52. The number of hydrogen-bond acceptors (Lipinski definition) is 5. The van der Waals surface area contributed by atoms with E-state index >= 15 is 0 Å². The van der Waals surface area contributed by atoms with Crippen LogP contribution in [0.25, 0.3) is 0 Å². The summed E-state index contributed by atoms with van der Waals surface area (Å²) >= 11 is 0. The van der Waals surface area contributed by atoms with Gasteiger partial charge in [0.25, 0.3) is 0 Å². The summed E-state index contributed by atoms with van der Waals surface area (Å²) in [6.07, 6.45) is 1.79. The first-order valence-corrected chi connectivity index (χ1v) is 8.52. The van der Waals surface area contributed by atoms with E-state index in [4.69, 9.17) is 9.31 Å². The second kappa shape index (κ2) is 6.04. The highest BCUT2D eigenvalue weighted by atomic mass is 16.7. The fraction of sp³-hybridized carbons (Fsp3) is 0.647. The van der Waals surface area contributed by atoms with Crippen LogP contribution in [0, 0.1) is 0 Å². The van der Waals surface area contributed by atoms with E-state index in [0.29, 0.717) is 13.1 Å². The van der Waals surface area contributed by atoms with E-state index in [1.807, 2.05) is 17.0 Å². The number of rotatable bonds is 2. The van der Waals surface area contributed by atoms with Crippen molar-refractivity contribution in [3.63, 3.8) is 0 Å². The Morgan fingerprint density at radius 1 is 1.12 bits per heavy atom. The van der Waals surface area contributed by atoms with E-state index in [1.165, 1.54) is 0 Å². The fourth-order valence-electron chi connectivity index (χ4n) is 3.06. The third kappa shape index (κ3) is 3.02. The molecule has 1 aromatic rings. The van der Waals surface area contributed by atoms with Crippen LogP contribution in [0.1, 0.15) is 34.6 Å². The minimum absolute atomic E-state index is 0.127. The van der Waals surface area contributed by atoms with E-state index in [2.05, 4.69) is 37.6 Å². The predicted molar refractivity (Wildman–Crippen MR) is 94.4 cm³/mol. The first-order chi connectivity index (χ1) is 11.2. The summed E-state index contributed by atoms with van der Waals surface area (Å²) in [5.41, 5.74) is 0.198. The van der Waals surface area contributed by atoms with Crippen LogP contribution in [0.4, 0.5) is 5.82 Å². The molecule has 1 amide bonds. The second-order valence-corrected chi connectivity index (χ2v) is 7.50. The lowest BCUT2D eigenvalue weighted by Gasteiger charge is -2.35. The van der Waals surface area contributed by atoms with Crippen LogP contribution in [0.5, 0.6) is 0 Å². The highest BCUT2D eigenvalue weighted by Crippen LogP contribution is 2.37. The van der Waals surface area contributed by atoms with E-state index in [1.54, 1.807) is 13.1 Å². The maximum Gasteiger partial charge on any atom is 0.498 e. The molecule has 0 aromatic carbocycles. The molecule has 130 valence electrons. The molecule has 0 aliphatic carbocycles. The van der Waals surface area contributed by atoms with Gasteiger partial charge in [0, 0.05) is 44.8 Å². The number of amides is 1. The van der Waals surface area contributed by atoms with Crippen LogP contribution in [-0.2, 0) is 14.1 Å². The molecule has 24 heavy (non-hydrogen) atoms. The van der Waals surface area contributed by atoms with E-state index < -0.39 is 7.12 Å².